The molecule has 0 saturated carbocycles. The van der Waals surface area contributed by atoms with Crippen molar-refractivity contribution in [3.8, 4) is 0 Å². The highest BCUT2D eigenvalue weighted by atomic mass is 16.7. The third-order valence-corrected chi connectivity index (χ3v) is 3.75. The van der Waals surface area contributed by atoms with Crippen molar-refractivity contribution in [2.75, 3.05) is 19.8 Å². The molecule has 0 amide bonds. The van der Waals surface area contributed by atoms with Gasteiger partial charge in [-0.15, -0.1) is 0 Å². The highest BCUT2D eigenvalue weighted by Crippen LogP contribution is 2.30. The Balaban J connectivity index is 2.05. The summed E-state index contributed by atoms with van der Waals surface area (Å²) in [5.41, 5.74) is 7.85. The summed E-state index contributed by atoms with van der Waals surface area (Å²) in [6.45, 7) is 1.19. The number of aryl methyl sites for hydroxylation is 1. The van der Waals surface area contributed by atoms with E-state index in [4.69, 9.17) is 24.8 Å². The fourth-order valence-electron chi connectivity index (χ4n) is 2.44. The van der Waals surface area contributed by atoms with Gasteiger partial charge in [-0.05, 0) is 12.5 Å². The molecule has 12 nitrogen and oxygen atoms in total. The Kier molecular flexibility index (Phi) is 6.78. The minimum Gasteiger partial charge on any atom is -0.434 e. The Morgan fingerprint density at radius 3 is 3.00 bits per heavy atom. The van der Waals surface area contributed by atoms with E-state index in [1.165, 1.54) is 17.7 Å². The van der Waals surface area contributed by atoms with E-state index in [9.17, 15) is 14.4 Å². The molecule has 2 rings (SSSR count). The molecule has 1 aliphatic rings. The van der Waals surface area contributed by atoms with Crippen LogP contribution in [0.3, 0.4) is 0 Å². The first-order chi connectivity index (χ1) is 12.5. The van der Waals surface area contributed by atoms with Crippen LogP contribution in [-0.4, -0.2) is 52.8 Å². The molecule has 142 valence electrons. The highest BCUT2D eigenvalue weighted by Gasteiger charge is 2.37. The molecule has 26 heavy (non-hydrogen) atoms. The van der Waals surface area contributed by atoms with E-state index in [0.717, 1.165) is 0 Å². The zero-order valence-electron chi connectivity index (χ0n) is 14.0. The average Bonchev–Trinajstić information content (AvgIpc) is 2.99. The first-order valence-electron chi connectivity index (χ1n) is 7.88. The number of aromatic amines is 1. The number of azide groups is 1. The molecule has 12 heteroatoms. The smallest absolute Gasteiger partial charge is 0.434 e. The standard InChI is InChI=1S/C14H19N5O7/c1-8-6-19(13(22)16-12(8)21)11-5-9(17-18-15)10(26-11)7-25-14(23)24-4-2-3-20/h6,9-11,20H,2-5,7H2,1H3,(H,16,21,22)/t9-,10+,11+/m0/s1. The van der Waals surface area contributed by atoms with Crippen molar-refractivity contribution < 1.29 is 24.1 Å². The summed E-state index contributed by atoms with van der Waals surface area (Å²) < 4.78 is 16.5. The molecule has 0 aliphatic carbocycles. The average molecular weight is 369 g/mol. The van der Waals surface area contributed by atoms with Gasteiger partial charge in [-0.3, -0.25) is 14.3 Å². The van der Waals surface area contributed by atoms with Crippen LogP contribution in [0.2, 0.25) is 0 Å². The second kappa shape index (κ2) is 9.04. The molecule has 0 radical (unpaired) electrons. The number of rotatable bonds is 7. The van der Waals surface area contributed by atoms with E-state index in [1.807, 2.05) is 0 Å². The molecule has 0 spiro atoms. The van der Waals surface area contributed by atoms with Crippen LogP contribution in [-0.2, 0) is 14.2 Å². The minimum absolute atomic E-state index is 0.00923. The third kappa shape index (κ3) is 4.85. The van der Waals surface area contributed by atoms with Crippen LogP contribution in [0.5, 0.6) is 0 Å². The second-order valence-electron chi connectivity index (χ2n) is 5.60. The van der Waals surface area contributed by atoms with Gasteiger partial charge in [0, 0.05) is 36.1 Å². The summed E-state index contributed by atoms with van der Waals surface area (Å²) in [5.74, 6) is 0. The number of nitrogens with zero attached hydrogens (tertiary/aromatic N) is 4. The number of ether oxygens (including phenoxy) is 3. The lowest BCUT2D eigenvalue weighted by Crippen LogP contribution is -2.33. The SMILES string of the molecule is Cc1cn([C@H]2C[C@H](N=[N+]=[N-])[C@@H](COC(=O)OCCCO)O2)c(=O)[nH]c1=O. The number of aromatic nitrogens is 2. The van der Waals surface area contributed by atoms with Crippen LogP contribution >= 0.6 is 0 Å². The van der Waals surface area contributed by atoms with Gasteiger partial charge in [0.2, 0.25) is 0 Å². The van der Waals surface area contributed by atoms with Crippen LogP contribution in [0.25, 0.3) is 10.4 Å². The Hall–Kier alpha value is -2.82. The van der Waals surface area contributed by atoms with Gasteiger partial charge in [0.1, 0.15) is 18.9 Å². The maximum atomic E-state index is 12.0. The summed E-state index contributed by atoms with van der Waals surface area (Å²) >= 11 is 0. The summed E-state index contributed by atoms with van der Waals surface area (Å²) in [7, 11) is 0. The zero-order chi connectivity index (χ0) is 19.1. The van der Waals surface area contributed by atoms with Crippen molar-refractivity contribution in [2.24, 2.45) is 5.11 Å². The maximum Gasteiger partial charge on any atom is 0.508 e. The summed E-state index contributed by atoms with van der Waals surface area (Å²) in [5, 5.41) is 12.2. The lowest BCUT2D eigenvalue weighted by Gasteiger charge is -2.16. The fraction of sp³-hybridized carbons (Fsp3) is 0.643. The van der Waals surface area contributed by atoms with Crippen molar-refractivity contribution in [3.05, 3.63) is 43.0 Å². The van der Waals surface area contributed by atoms with E-state index >= 15 is 0 Å². The molecule has 3 atom stereocenters. The number of H-pyrrole nitrogens is 1. The number of carbonyl (C=O) groups excluding carboxylic acids is 1. The van der Waals surface area contributed by atoms with Crippen molar-refractivity contribution in [2.45, 2.75) is 38.1 Å². The van der Waals surface area contributed by atoms with Gasteiger partial charge < -0.3 is 19.3 Å². The number of aliphatic hydroxyl groups excluding tert-OH is 1. The van der Waals surface area contributed by atoms with Gasteiger partial charge in [0.25, 0.3) is 5.56 Å². The van der Waals surface area contributed by atoms with Gasteiger partial charge in [0.05, 0.1) is 12.6 Å². The van der Waals surface area contributed by atoms with E-state index in [2.05, 4.69) is 15.0 Å². The monoisotopic (exact) mass is 369 g/mol. The summed E-state index contributed by atoms with van der Waals surface area (Å²) in [6, 6.07) is -0.672. The van der Waals surface area contributed by atoms with E-state index < -0.39 is 35.8 Å². The van der Waals surface area contributed by atoms with E-state index in [1.54, 1.807) is 0 Å². The maximum absolute atomic E-state index is 12.0. The number of carbonyl (C=O) groups is 1. The number of nitrogens with one attached hydrogen (secondary N) is 1. The zero-order valence-corrected chi connectivity index (χ0v) is 14.0. The first kappa shape index (κ1) is 19.5. The minimum atomic E-state index is -0.942. The van der Waals surface area contributed by atoms with Gasteiger partial charge >= 0.3 is 11.8 Å². The molecule has 2 heterocycles. The molecule has 1 saturated heterocycles. The van der Waals surface area contributed by atoms with Crippen LogP contribution in [0, 0.1) is 6.92 Å². The molecular formula is C14H19N5O7. The van der Waals surface area contributed by atoms with Gasteiger partial charge in [-0.2, -0.15) is 0 Å². The Bertz CT molecular complexity index is 798. The normalized spacial score (nSPS) is 21.8. The lowest BCUT2D eigenvalue weighted by atomic mass is 10.1. The summed E-state index contributed by atoms with van der Waals surface area (Å²) in [4.78, 5) is 39.8. The molecular weight excluding hydrogens is 350 g/mol. The van der Waals surface area contributed by atoms with E-state index in [0.29, 0.717) is 5.56 Å². The predicted octanol–water partition coefficient (Wildman–Crippen LogP) is 0.347. The number of aliphatic hydroxyl groups is 1. The number of hydrogen-bond acceptors (Lipinski definition) is 8. The van der Waals surface area contributed by atoms with Gasteiger partial charge in [-0.25, -0.2) is 9.59 Å². The third-order valence-electron chi connectivity index (χ3n) is 3.75. The molecule has 1 aromatic heterocycles. The largest absolute Gasteiger partial charge is 0.508 e. The van der Waals surface area contributed by atoms with Crippen molar-refractivity contribution >= 4 is 6.16 Å². The Morgan fingerprint density at radius 2 is 2.31 bits per heavy atom. The highest BCUT2D eigenvalue weighted by molar-refractivity contribution is 5.59. The van der Waals surface area contributed by atoms with Gasteiger partial charge in [-0.1, -0.05) is 5.11 Å². The lowest BCUT2D eigenvalue weighted by molar-refractivity contribution is -0.0425. The molecule has 1 aliphatic heterocycles. The molecule has 0 aromatic carbocycles. The Morgan fingerprint density at radius 1 is 1.54 bits per heavy atom. The first-order valence-corrected chi connectivity index (χ1v) is 7.88. The second-order valence-corrected chi connectivity index (χ2v) is 5.60. The number of hydrogen-bond donors (Lipinski definition) is 2. The molecule has 2 N–H and O–H groups in total. The Labute approximate surface area is 146 Å². The van der Waals surface area contributed by atoms with Crippen LogP contribution in [0.1, 0.15) is 24.6 Å². The molecule has 1 fully saturated rings. The van der Waals surface area contributed by atoms with Crippen LogP contribution in [0.4, 0.5) is 4.79 Å². The topological polar surface area (TPSA) is 169 Å². The predicted molar refractivity (Wildman–Crippen MR) is 86.5 cm³/mol. The van der Waals surface area contributed by atoms with E-state index in [-0.39, 0.29) is 32.7 Å². The molecule has 0 bridgehead atoms. The molecule has 1 aromatic rings. The van der Waals surface area contributed by atoms with Crippen LogP contribution < -0.4 is 11.2 Å². The molecule has 0 unspecified atom stereocenters. The van der Waals surface area contributed by atoms with Crippen LogP contribution in [0.15, 0.2) is 20.9 Å². The van der Waals surface area contributed by atoms with Gasteiger partial charge in [0.15, 0.2) is 0 Å². The fourth-order valence-corrected chi connectivity index (χ4v) is 2.44. The van der Waals surface area contributed by atoms with Crippen molar-refractivity contribution in [3.63, 3.8) is 0 Å². The van der Waals surface area contributed by atoms with Crippen molar-refractivity contribution in [1.29, 1.82) is 0 Å². The quantitative estimate of drug-likeness (QED) is 0.230. The summed E-state index contributed by atoms with van der Waals surface area (Å²) in [6.07, 6.45) is -0.698. The van der Waals surface area contributed by atoms with Crippen molar-refractivity contribution in [1.82, 2.24) is 9.55 Å².